The minimum absolute atomic E-state index is 0.390. The average molecular weight is 261 g/mol. The molecule has 4 nitrogen and oxygen atoms in total. The van der Waals surface area contributed by atoms with Gasteiger partial charge >= 0.3 is 0 Å². The van der Waals surface area contributed by atoms with E-state index in [0.29, 0.717) is 11.3 Å². The summed E-state index contributed by atoms with van der Waals surface area (Å²) in [6, 6.07) is 5.34. The van der Waals surface area contributed by atoms with Crippen LogP contribution >= 0.6 is 0 Å². The molecule has 5 N–H and O–H groups in total. The van der Waals surface area contributed by atoms with E-state index in [9.17, 15) is 4.79 Å². The van der Waals surface area contributed by atoms with Gasteiger partial charge in [0.05, 0.1) is 5.56 Å². The first-order chi connectivity index (χ1) is 9.16. The number of amides is 1. The van der Waals surface area contributed by atoms with E-state index in [-0.39, 0.29) is 0 Å². The molecule has 104 valence electrons. The SMILES string of the molecule is NC(=O)c1cc(NCCCC2CCCC2)ccc1N. The van der Waals surface area contributed by atoms with Gasteiger partial charge in [-0.05, 0) is 37.0 Å². The molecule has 0 saturated heterocycles. The van der Waals surface area contributed by atoms with Crippen LogP contribution in [0.15, 0.2) is 18.2 Å². The van der Waals surface area contributed by atoms with Crippen molar-refractivity contribution in [2.24, 2.45) is 11.7 Å². The molecule has 0 bridgehead atoms. The molecular formula is C15H23N3O. The summed E-state index contributed by atoms with van der Waals surface area (Å²) in [6.07, 6.45) is 8.06. The molecule has 1 aromatic rings. The van der Waals surface area contributed by atoms with Crippen molar-refractivity contribution in [2.75, 3.05) is 17.6 Å². The van der Waals surface area contributed by atoms with Gasteiger partial charge in [0.2, 0.25) is 0 Å². The van der Waals surface area contributed by atoms with E-state index < -0.39 is 5.91 Å². The molecule has 1 amide bonds. The maximum absolute atomic E-state index is 11.2. The summed E-state index contributed by atoms with van der Waals surface area (Å²) in [7, 11) is 0. The number of carbonyl (C=O) groups is 1. The Morgan fingerprint density at radius 3 is 2.74 bits per heavy atom. The molecular weight excluding hydrogens is 238 g/mol. The van der Waals surface area contributed by atoms with E-state index >= 15 is 0 Å². The first-order valence-electron chi connectivity index (χ1n) is 7.10. The van der Waals surface area contributed by atoms with Gasteiger partial charge in [-0.25, -0.2) is 0 Å². The zero-order valence-electron chi connectivity index (χ0n) is 11.3. The molecule has 0 atom stereocenters. The molecule has 1 fully saturated rings. The van der Waals surface area contributed by atoms with Crippen LogP contribution in [0.2, 0.25) is 0 Å². The van der Waals surface area contributed by atoms with Crippen LogP contribution in [0.1, 0.15) is 48.9 Å². The smallest absolute Gasteiger partial charge is 0.250 e. The van der Waals surface area contributed by atoms with E-state index in [1.807, 2.05) is 6.07 Å². The van der Waals surface area contributed by atoms with Gasteiger partial charge in [0.15, 0.2) is 0 Å². The third-order valence-electron chi connectivity index (χ3n) is 3.91. The van der Waals surface area contributed by atoms with Crippen molar-refractivity contribution >= 4 is 17.3 Å². The molecule has 1 saturated carbocycles. The molecule has 0 heterocycles. The fourth-order valence-electron chi connectivity index (χ4n) is 2.80. The summed E-state index contributed by atoms with van der Waals surface area (Å²) in [5.74, 6) is 0.446. The zero-order valence-corrected chi connectivity index (χ0v) is 11.3. The van der Waals surface area contributed by atoms with Gasteiger partial charge in [-0.1, -0.05) is 25.7 Å². The topological polar surface area (TPSA) is 81.1 Å². The lowest BCUT2D eigenvalue weighted by Gasteiger charge is -2.11. The Labute approximate surface area is 114 Å². The number of nitrogen functional groups attached to an aromatic ring is 1. The van der Waals surface area contributed by atoms with Gasteiger partial charge < -0.3 is 16.8 Å². The van der Waals surface area contributed by atoms with Crippen LogP contribution in [-0.4, -0.2) is 12.5 Å². The van der Waals surface area contributed by atoms with Crippen LogP contribution in [0.3, 0.4) is 0 Å². The zero-order chi connectivity index (χ0) is 13.7. The van der Waals surface area contributed by atoms with Gasteiger partial charge in [0.1, 0.15) is 0 Å². The first kappa shape index (κ1) is 13.7. The van der Waals surface area contributed by atoms with E-state index in [1.165, 1.54) is 38.5 Å². The van der Waals surface area contributed by atoms with Crippen LogP contribution in [0.5, 0.6) is 0 Å². The lowest BCUT2D eigenvalue weighted by Crippen LogP contribution is -2.14. The second-order valence-electron chi connectivity index (χ2n) is 5.39. The number of nitrogens with one attached hydrogen (secondary N) is 1. The molecule has 19 heavy (non-hydrogen) atoms. The fourth-order valence-corrected chi connectivity index (χ4v) is 2.80. The maximum atomic E-state index is 11.2. The summed E-state index contributed by atoms with van der Waals surface area (Å²) in [4.78, 5) is 11.2. The van der Waals surface area contributed by atoms with E-state index in [4.69, 9.17) is 11.5 Å². The Balaban J connectivity index is 1.79. The summed E-state index contributed by atoms with van der Waals surface area (Å²) < 4.78 is 0. The molecule has 4 heteroatoms. The summed E-state index contributed by atoms with van der Waals surface area (Å²) in [6.45, 7) is 0.929. The normalized spacial score (nSPS) is 15.6. The highest BCUT2D eigenvalue weighted by Crippen LogP contribution is 2.28. The Kier molecular flexibility index (Phi) is 4.66. The van der Waals surface area contributed by atoms with Crippen LogP contribution in [0.4, 0.5) is 11.4 Å². The number of anilines is 2. The quantitative estimate of drug-likeness (QED) is 0.544. The number of nitrogens with two attached hydrogens (primary N) is 2. The lowest BCUT2D eigenvalue weighted by atomic mass is 10.0. The second-order valence-corrected chi connectivity index (χ2v) is 5.39. The number of hydrogen-bond donors (Lipinski definition) is 3. The number of benzene rings is 1. The number of rotatable bonds is 6. The van der Waals surface area contributed by atoms with Crippen LogP contribution < -0.4 is 16.8 Å². The predicted octanol–water partition coefficient (Wildman–Crippen LogP) is 2.75. The number of carbonyl (C=O) groups excluding carboxylic acids is 1. The van der Waals surface area contributed by atoms with Crippen LogP contribution in [-0.2, 0) is 0 Å². The highest BCUT2D eigenvalue weighted by molar-refractivity contribution is 5.98. The Hall–Kier alpha value is -1.71. The van der Waals surface area contributed by atoms with E-state index in [1.54, 1.807) is 12.1 Å². The van der Waals surface area contributed by atoms with Gasteiger partial charge in [-0.3, -0.25) is 4.79 Å². The fraction of sp³-hybridized carbons (Fsp3) is 0.533. The maximum Gasteiger partial charge on any atom is 0.250 e. The summed E-state index contributed by atoms with van der Waals surface area (Å²) >= 11 is 0. The molecule has 1 aliphatic carbocycles. The van der Waals surface area contributed by atoms with Crippen molar-refractivity contribution in [2.45, 2.75) is 38.5 Å². The largest absolute Gasteiger partial charge is 0.398 e. The van der Waals surface area contributed by atoms with Crippen molar-refractivity contribution < 1.29 is 4.79 Å². The minimum Gasteiger partial charge on any atom is -0.398 e. The Morgan fingerprint density at radius 1 is 1.32 bits per heavy atom. The second kappa shape index (κ2) is 6.45. The molecule has 0 unspecified atom stereocenters. The Bertz CT molecular complexity index is 439. The highest BCUT2D eigenvalue weighted by Gasteiger charge is 2.14. The number of primary amides is 1. The van der Waals surface area contributed by atoms with Crippen molar-refractivity contribution in [1.29, 1.82) is 0 Å². The average Bonchev–Trinajstić information content (AvgIpc) is 2.89. The minimum atomic E-state index is -0.480. The predicted molar refractivity (Wildman–Crippen MR) is 79.1 cm³/mol. The molecule has 0 spiro atoms. The van der Waals surface area contributed by atoms with Crippen LogP contribution in [0, 0.1) is 5.92 Å². The van der Waals surface area contributed by atoms with E-state index in [0.717, 1.165) is 18.2 Å². The van der Waals surface area contributed by atoms with Crippen molar-refractivity contribution in [3.05, 3.63) is 23.8 Å². The van der Waals surface area contributed by atoms with Crippen molar-refractivity contribution in [3.63, 3.8) is 0 Å². The third kappa shape index (κ3) is 3.88. The van der Waals surface area contributed by atoms with Crippen LogP contribution in [0.25, 0.3) is 0 Å². The monoisotopic (exact) mass is 261 g/mol. The number of hydrogen-bond acceptors (Lipinski definition) is 3. The summed E-state index contributed by atoms with van der Waals surface area (Å²) in [5, 5.41) is 3.33. The van der Waals surface area contributed by atoms with Gasteiger partial charge in [-0.2, -0.15) is 0 Å². The summed E-state index contributed by atoms with van der Waals surface area (Å²) in [5.41, 5.74) is 12.7. The molecule has 0 aromatic heterocycles. The van der Waals surface area contributed by atoms with Gasteiger partial charge in [-0.15, -0.1) is 0 Å². The van der Waals surface area contributed by atoms with Crippen molar-refractivity contribution in [3.8, 4) is 0 Å². The highest BCUT2D eigenvalue weighted by atomic mass is 16.1. The van der Waals surface area contributed by atoms with Crippen molar-refractivity contribution in [1.82, 2.24) is 0 Å². The van der Waals surface area contributed by atoms with Gasteiger partial charge in [0.25, 0.3) is 5.91 Å². The third-order valence-corrected chi connectivity index (χ3v) is 3.91. The molecule has 0 aliphatic heterocycles. The van der Waals surface area contributed by atoms with E-state index in [2.05, 4.69) is 5.32 Å². The molecule has 1 aliphatic rings. The molecule has 0 radical (unpaired) electrons. The molecule has 2 rings (SSSR count). The van der Waals surface area contributed by atoms with Gasteiger partial charge in [0, 0.05) is 17.9 Å². The standard InChI is InChI=1S/C15H23N3O/c16-14-8-7-12(10-13(14)15(17)19)18-9-3-6-11-4-1-2-5-11/h7-8,10-11,18H,1-6,9,16H2,(H2,17,19). The molecule has 1 aromatic carbocycles. The first-order valence-corrected chi connectivity index (χ1v) is 7.10. The lowest BCUT2D eigenvalue weighted by molar-refractivity contribution is 0.100. The Morgan fingerprint density at radius 2 is 2.05 bits per heavy atom.